The third kappa shape index (κ3) is 2.38. The summed E-state index contributed by atoms with van der Waals surface area (Å²) < 4.78 is 2.11. The van der Waals surface area contributed by atoms with Crippen LogP contribution >= 0.6 is 11.6 Å². The van der Waals surface area contributed by atoms with Crippen molar-refractivity contribution in [3.05, 3.63) is 47.0 Å². The maximum Gasteiger partial charge on any atom is 0.145 e. The first-order valence-corrected chi connectivity index (χ1v) is 7.32. The van der Waals surface area contributed by atoms with Crippen molar-refractivity contribution in [1.29, 1.82) is 0 Å². The number of phenolic OH excluding ortho intramolecular Hbond substituents is 1. The zero-order chi connectivity index (χ0) is 15.1. The van der Waals surface area contributed by atoms with Crippen LogP contribution in [0.5, 0.6) is 5.75 Å². The number of halogens is 1. The summed E-state index contributed by atoms with van der Waals surface area (Å²) in [5.74, 6) is 1.01. The molecule has 0 amide bonds. The number of hydrogen-bond acceptors (Lipinski definition) is 2. The Balaban J connectivity index is 2.36. The number of hydrogen-bond donors (Lipinski definition) is 1. The first-order valence-electron chi connectivity index (χ1n) is 6.95. The lowest BCUT2D eigenvalue weighted by molar-refractivity contribution is 0.476. The second-order valence-electron chi connectivity index (χ2n) is 5.55. The van der Waals surface area contributed by atoms with E-state index in [0.717, 1.165) is 28.0 Å². The average Bonchev–Trinajstić information content (AvgIpc) is 2.79. The van der Waals surface area contributed by atoms with Gasteiger partial charge in [-0.2, -0.15) is 0 Å². The maximum absolute atomic E-state index is 10.2. The van der Waals surface area contributed by atoms with Gasteiger partial charge in [0.2, 0.25) is 0 Å². The van der Waals surface area contributed by atoms with E-state index >= 15 is 0 Å². The minimum absolute atomic E-state index is 0.211. The lowest BCUT2D eigenvalue weighted by atomic mass is 10.1. The van der Waals surface area contributed by atoms with Crippen LogP contribution in [0, 0.1) is 6.92 Å². The largest absolute Gasteiger partial charge is 0.507 e. The molecule has 3 rings (SSSR count). The van der Waals surface area contributed by atoms with Crippen LogP contribution in [0.2, 0.25) is 5.02 Å². The Morgan fingerprint density at radius 1 is 1.14 bits per heavy atom. The van der Waals surface area contributed by atoms with Crippen LogP contribution in [0.15, 0.2) is 36.4 Å². The third-order valence-electron chi connectivity index (χ3n) is 3.56. The van der Waals surface area contributed by atoms with E-state index < -0.39 is 0 Å². The predicted molar refractivity (Wildman–Crippen MR) is 87.0 cm³/mol. The first-order chi connectivity index (χ1) is 9.97. The zero-order valence-corrected chi connectivity index (χ0v) is 13.0. The SMILES string of the molecule is Cc1ccc(O)c(-c2nc3ccc(Cl)cc3n2C(C)C)c1. The molecule has 0 fully saturated rings. The topological polar surface area (TPSA) is 38.1 Å². The van der Waals surface area contributed by atoms with Gasteiger partial charge in [0, 0.05) is 11.1 Å². The summed E-state index contributed by atoms with van der Waals surface area (Å²) in [6, 6.07) is 11.4. The Morgan fingerprint density at radius 2 is 1.90 bits per heavy atom. The highest BCUT2D eigenvalue weighted by molar-refractivity contribution is 6.31. The maximum atomic E-state index is 10.2. The van der Waals surface area contributed by atoms with Gasteiger partial charge in [-0.25, -0.2) is 4.98 Å². The summed E-state index contributed by atoms with van der Waals surface area (Å²) in [5, 5.41) is 10.9. The molecule has 4 heteroatoms. The summed E-state index contributed by atoms with van der Waals surface area (Å²) in [4.78, 5) is 4.69. The number of aromatic hydroxyl groups is 1. The Bertz CT molecular complexity index is 821. The van der Waals surface area contributed by atoms with Crippen LogP contribution in [-0.2, 0) is 0 Å². The minimum atomic E-state index is 0.211. The molecule has 3 aromatic rings. The molecule has 0 atom stereocenters. The molecule has 1 heterocycles. The van der Waals surface area contributed by atoms with Gasteiger partial charge in [-0.1, -0.05) is 23.2 Å². The Hall–Kier alpha value is -2.00. The molecule has 0 saturated carbocycles. The molecule has 1 aromatic heterocycles. The van der Waals surface area contributed by atoms with E-state index in [1.54, 1.807) is 6.07 Å². The van der Waals surface area contributed by atoms with Gasteiger partial charge in [-0.3, -0.25) is 0 Å². The number of aryl methyl sites for hydroxylation is 1. The van der Waals surface area contributed by atoms with E-state index in [1.807, 2.05) is 37.3 Å². The molecule has 0 aliphatic heterocycles. The molecule has 3 nitrogen and oxygen atoms in total. The molecule has 21 heavy (non-hydrogen) atoms. The zero-order valence-electron chi connectivity index (χ0n) is 12.3. The summed E-state index contributed by atoms with van der Waals surface area (Å²) >= 11 is 6.12. The van der Waals surface area contributed by atoms with Crippen molar-refractivity contribution in [3.8, 4) is 17.1 Å². The van der Waals surface area contributed by atoms with Gasteiger partial charge < -0.3 is 9.67 Å². The fourth-order valence-corrected chi connectivity index (χ4v) is 2.77. The van der Waals surface area contributed by atoms with Crippen molar-refractivity contribution in [2.75, 3.05) is 0 Å². The Morgan fingerprint density at radius 3 is 2.62 bits per heavy atom. The molecule has 0 aliphatic carbocycles. The van der Waals surface area contributed by atoms with E-state index in [4.69, 9.17) is 16.6 Å². The van der Waals surface area contributed by atoms with Crippen molar-refractivity contribution in [1.82, 2.24) is 9.55 Å². The second kappa shape index (κ2) is 5.08. The van der Waals surface area contributed by atoms with Gasteiger partial charge in [-0.05, 0) is 51.1 Å². The fraction of sp³-hybridized carbons (Fsp3) is 0.235. The molecule has 0 saturated heterocycles. The summed E-state index contributed by atoms with van der Waals surface area (Å²) in [7, 11) is 0. The quantitative estimate of drug-likeness (QED) is 0.727. The lowest BCUT2D eigenvalue weighted by Crippen LogP contribution is -2.03. The minimum Gasteiger partial charge on any atom is -0.507 e. The molecule has 0 radical (unpaired) electrons. The molecule has 0 spiro atoms. The van der Waals surface area contributed by atoms with E-state index in [1.165, 1.54) is 0 Å². The van der Waals surface area contributed by atoms with Crippen LogP contribution in [0.4, 0.5) is 0 Å². The summed E-state index contributed by atoms with van der Waals surface area (Å²) in [5.41, 5.74) is 3.69. The van der Waals surface area contributed by atoms with Crippen LogP contribution in [0.25, 0.3) is 22.4 Å². The Kier molecular flexibility index (Phi) is 3.38. The van der Waals surface area contributed by atoms with Crippen molar-refractivity contribution >= 4 is 22.6 Å². The highest BCUT2D eigenvalue weighted by Crippen LogP contribution is 2.34. The van der Waals surface area contributed by atoms with Gasteiger partial charge in [0.1, 0.15) is 11.6 Å². The highest BCUT2D eigenvalue weighted by atomic mass is 35.5. The van der Waals surface area contributed by atoms with E-state index in [9.17, 15) is 5.11 Å². The normalized spacial score (nSPS) is 11.5. The van der Waals surface area contributed by atoms with Crippen molar-refractivity contribution in [2.24, 2.45) is 0 Å². The van der Waals surface area contributed by atoms with E-state index in [-0.39, 0.29) is 11.8 Å². The number of rotatable bonds is 2. The molecule has 0 bridgehead atoms. The standard InChI is InChI=1S/C17H17ClN2O/c1-10(2)20-15-9-12(18)5-6-14(15)19-17(20)13-8-11(3)4-7-16(13)21/h4-10,21H,1-3H3. The van der Waals surface area contributed by atoms with Gasteiger partial charge in [0.05, 0.1) is 16.6 Å². The smallest absolute Gasteiger partial charge is 0.145 e. The summed E-state index contributed by atoms with van der Waals surface area (Å²) in [6.07, 6.45) is 0. The van der Waals surface area contributed by atoms with Crippen molar-refractivity contribution in [3.63, 3.8) is 0 Å². The predicted octanol–water partition coefficient (Wildman–Crippen LogP) is 4.95. The lowest BCUT2D eigenvalue weighted by Gasteiger charge is -2.14. The summed E-state index contributed by atoms with van der Waals surface area (Å²) in [6.45, 7) is 6.19. The Labute approximate surface area is 128 Å². The first kappa shape index (κ1) is 14.0. The molecule has 0 unspecified atom stereocenters. The van der Waals surface area contributed by atoms with Gasteiger partial charge in [0.25, 0.3) is 0 Å². The number of benzene rings is 2. The van der Waals surface area contributed by atoms with E-state index in [0.29, 0.717) is 5.02 Å². The van der Waals surface area contributed by atoms with Crippen LogP contribution in [0.1, 0.15) is 25.5 Å². The molecule has 0 aliphatic rings. The third-order valence-corrected chi connectivity index (χ3v) is 3.80. The van der Waals surface area contributed by atoms with Gasteiger partial charge in [0.15, 0.2) is 0 Å². The van der Waals surface area contributed by atoms with Crippen LogP contribution < -0.4 is 0 Å². The van der Waals surface area contributed by atoms with Crippen molar-refractivity contribution < 1.29 is 5.11 Å². The number of aromatic nitrogens is 2. The highest BCUT2D eigenvalue weighted by Gasteiger charge is 2.17. The van der Waals surface area contributed by atoms with Gasteiger partial charge in [-0.15, -0.1) is 0 Å². The van der Waals surface area contributed by atoms with E-state index in [2.05, 4.69) is 18.4 Å². The van der Waals surface area contributed by atoms with Gasteiger partial charge >= 0.3 is 0 Å². The number of nitrogens with zero attached hydrogens (tertiary/aromatic N) is 2. The monoisotopic (exact) mass is 300 g/mol. The second-order valence-corrected chi connectivity index (χ2v) is 5.99. The molecule has 108 valence electrons. The molecule has 2 aromatic carbocycles. The fourth-order valence-electron chi connectivity index (χ4n) is 2.61. The number of imidazole rings is 1. The molecule has 1 N–H and O–H groups in total. The number of fused-ring (bicyclic) bond motifs is 1. The number of phenols is 1. The molecular formula is C17H17ClN2O. The van der Waals surface area contributed by atoms with Crippen LogP contribution in [0.3, 0.4) is 0 Å². The molecular weight excluding hydrogens is 284 g/mol. The van der Waals surface area contributed by atoms with Crippen molar-refractivity contribution in [2.45, 2.75) is 26.8 Å². The van der Waals surface area contributed by atoms with Crippen LogP contribution in [-0.4, -0.2) is 14.7 Å². The average molecular weight is 301 g/mol.